The molecule has 4 aromatic rings. The number of carbonyl (C=O) groups is 1. The highest BCUT2D eigenvalue weighted by molar-refractivity contribution is 7.15. The summed E-state index contributed by atoms with van der Waals surface area (Å²) in [6, 6.07) is 21.5. The number of rotatable bonds is 8. The van der Waals surface area contributed by atoms with Crippen LogP contribution in [0.4, 0.5) is 5.13 Å². The Morgan fingerprint density at radius 3 is 2.71 bits per heavy atom. The number of aromatic nitrogens is 2. The Morgan fingerprint density at radius 2 is 1.94 bits per heavy atom. The zero-order valence-electron chi connectivity index (χ0n) is 18.7. The lowest BCUT2D eigenvalue weighted by Gasteiger charge is -2.13. The maximum absolute atomic E-state index is 12.5. The van der Waals surface area contributed by atoms with E-state index in [2.05, 4.69) is 33.7 Å². The molecule has 0 atom stereocenters. The Bertz CT molecular complexity index is 1400. The van der Waals surface area contributed by atoms with Crippen LogP contribution in [0.15, 0.2) is 66.2 Å². The number of hydrogen-bond donors (Lipinski definition) is 1. The van der Waals surface area contributed by atoms with Crippen molar-refractivity contribution >= 4 is 39.2 Å². The summed E-state index contributed by atoms with van der Waals surface area (Å²) < 4.78 is 11.5. The van der Waals surface area contributed by atoms with Gasteiger partial charge < -0.3 is 9.47 Å². The molecule has 8 heteroatoms. The average molecular weight is 471 g/mol. The van der Waals surface area contributed by atoms with Crippen molar-refractivity contribution in [1.29, 1.82) is 5.26 Å². The summed E-state index contributed by atoms with van der Waals surface area (Å²) in [6.07, 6.45) is 2.22. The first-order valence-corrected chi connectivity index (χ1v) is 11.5. The van der Waals surface area contributed by atoms with Gasteiger partial charge in [0.05, 0.1) is 7.11 Å². The summed E-state index contributed by atoms with van der Waals surface area (Å²) in [5, 5.41) is 23.5. The zero-order chi connectivity index (χ0) is 23.9. The summed E-state index contributed by atoms with van der Waals surface area (Å²) in [5.74, 6) is 0.524. The molecule has 3 aromatic carbocycles. The smallest absolute Gasteiger partial charge is 0.268 e. The first-order valence-electron chi connectivity index (χ1n) is 10.6. The molecule has 0 saturated carbocycles. The molecule has 1 aromatic heterocycles. The van der Waals surface area contributed by atoms with Crippen molar-refractivity contribution < 1.29 is 14.3 Å². The summed E-state index contributed by atoms with van der Waals surface area (Å²) >= 11 is 1.28. The maximum atomic E-state index is 12.5. The molecule has 170 valence electrons. The molecule has 34 heavy (non-hydrogen) atoms. The third-order valence-corrected chi connectivity index (χ3v) is 6.10. The Morgan fingerprint density at radius 1 is 1.12 bits per heavy atom. The molecular formula is C26H22N4O3S. The number of methoxy groups -OCH3 is 1. The lowest BCUT2D eigenvalue weighted by molar-refractivity contribution is -0.112. The van der Waals surface area contributed by atoms with Crippen molar-refractivity contribution in [3.63, 3.8) is 0 Å². The van der Waals surface area contributed by atoms with Crippen molar-refractivity contribution in [1.82, 2.24) is 10.2 Å². The van der Waals surface area contributed by atoms with Crippen LogP contribution in [0.2, 0.25) is 0 Å². The van der Waals surface area contributed by atoms with Crippen molar-refractivity contribution in [3.05, 3.63) is 82.4 Å². The third-order valence-electron chi connectivity index (χ3n) is 5.12. The SMILES string of the molecule is CCc1nnc(NC(=O)C(C#N)=Cc2ccc(OCc3cccc4ccccc34)c(OC)c2)s1. The van der Waals surface area contributed by atoms with Gasteiger partial charge in [0, 0.05) is 0 Å². The summed E-state index contributed by atoms with van der Waals surface area (Å²) in [7, 11) is 1.55. The number of nitrogens with zero attached hydrogens (tertiary/aromatic N) is 3. The number of anilines is 1. The topological polar surface area (TPSA) is 97.1 Å². The third kappa shape index (κ3) is 5.22. The van der Waals surface area contributed by atoms with E-state index in [9.17, 15) is 10.1 Å². The highest BCUT2D eigenvalue weighted by atomic mass is 32.1. The molecule has 0 aliphatic carbocycles. The van der Waals surface area contributed by atoms with Gasteiger partial charge in [-0.05, 0) is 46.5 Å². The lowest BCUT2D eigenvalue weighted by Crippen LogP contribution is -2.13. The predicted octanol–water partition coefficient (Wildman–Crippen LogP) is 5.39. The van der Waals surface area contributed by atoms with Crippen LogP contribution in [0, 0.1) is 11.3 Å². The minimum Gasteiger partial charge on any atom is -0.493 e. The monoisotopic (exact) mass is 470 g/mol. The van der Waals surface area contributed by atoms with Crippen LogP contribution in [-0.2, 0) is 17.8 Å². The number of nitrogens with one attached hydrogen (secondary N) is 1. The molecule has 1 N–H and O–H groups in total. The molecule has 0 spiro atoms. The minimum atomic E-state index is -0.545. The van der Waals surface area contributed by atoms with Crippen LogP contribution < -0.4 is 14.8 Å². The van der Waals surface area contributed by atoms with Gasteiger partial charge in [0.15, 0.2) is 11.5 Å². The fourth-order valence-electron chi connectivity index (χ4n) is 3.39. The minimum absolute atomic E-state index is 0.0558. The standard InChI is InChI=1S/C26H22N4O3S/c1-3-24-29-30-26(34-24)28-25(31)20(15-27)13-17-11-12-22(23(14-17)32-2)33-16-19-9-6-8-18-7-4-5-10-21(18)19/h4-14H,3,16H2,1-2H3,(H,28,30,31). The van der Waals surface area contributed by atoms with Crippen LogP contribution in [0.1, 0.15) is 23.1 Å². The molecule has 0 unspecified atom stereocenters. The van der Waals surface area contributed by atoms with Crippen molar-refractivity contribution in [2.24, 2.45) is 0 Å². The van der Waals surface area contributed by atoms with Gasteiger partial charge in [-0.1, -0.05) is 66.8 Å². The van der Waals surface area contributed by atoms with Crippen molar-refractivity contribution in [3.8, 4) is 17.6 Å². The van der Waals surface area contributed by atoms with E-state index in [-0.39, 0.29) is 5.57 Å². The highest BCUT2D eigenvalue weighted by Gasteiger charge is 2.14. The number of carbonyl (C=O) groups excluding carboxylic acids is 1. The molecule has 0 aliphatic heterocycles. The summed E-state index contributed by atoms with van der Waals surface area (Å²) in [6.45, 7) is 2.33. The second kappa shape index (κ2) is 10.6. The van der Waals surface area contributed by atoms with Gasteiger partial charge in [-0.15, -0.1) is 10.2 Å². The number of aryl methyl sites for hydroxylation is 1. The second-order valence-electron chi connectivity index (χ2n) is 7.32. The Balaban J connectivity index is 1.50. The molecular weight excluding hydrogens is 448 g/mol. The van der Waals surface area contributed by atoms with E-state index in [1.54, 1.807) is 25.3 Å². The molecule has 1 amide bonds. The van der Waals surface area contributed by atoms with Gasteiger partial charge in [-0.2, -0.15) is 5.26 Å². The number of fused-ring (bicyclic) bond motifs is 1. The normalized spacial score (nSPS) is 11.1. The Kier molecular flexibility index (Phi) is 7.16. The van der Waals surface area contributed by atoms with Crippen LogP contribution in [-0.4, -0.2) is 23.2 Å². The number of amides is 1. The largest absolute Gasteiger partial charge is 0.493 e. The van der Waals surface area contributed by atoms with E-state index in [1.807, 2.05) is 37.3 Å². The van der Waals surface area contributed by atoms with Gasteiger partial charge in [0.25, 0.3) is 5.91 Å². The summed E-state index contributed by atoms with van der Waals surface area (Å²) in [4.78, 5) is 12.5. The molecule has 0 aliphatic rings. The zero-order valence-corrected chi connectivity index (χ0v) is 19.6. The first-order chi connectivity index (χ1) is 16.6. The van der Waals surface area contributed by atoms with Gasteiger partial charge in [-0.25, -0.2) is 0 Å². The van der Waals surface area contributed by atoms with E-state index in [0.717, 1.165) is 27.8 Å². The first kappa shape index (κ1) is 23.0. The number of benzene rings is 3. The van der Waals surface area contributed by atoms with E-state index < -0.39 is 5.91 Å². The van der Waals surface area contributed by atoms with Crippen LogP contribution in [0.3, 0.4) is 0 Å². The van der Waals surface area contributed by atoms with Crippen LogP contribution in [0.5, 0.6) is 11.5 Å². The van der Waals surface area contributed by atoms with E-state index in [4.69, 9.17) is 9.47 Å². The Hall–Kier alpha value is -4.22. The van der Waals surface area contributed by atoms with E-state index in [1.165, 1.54) is 17.4 Å². The van der Waals surface area contributed by atoms with E-state index >= 15 is 0 Å². The molecule has 7 nitrogen and oxygen atoms in total. The second-order valence-corrected chi connectivity index (χ2v) is 8.38. The van der Waals surface area contributed by atoms with Crippen LogP contribution >= 0.6 is 11.3 Å². The molecule has 0 bridgehead atoms. The molecule has 4 rings (SSSR count). The quantitative estimate of drug-likeness (QED) is 0.274. The molecule has 1 heterocycles. The highest BCUT2D eigenvalue weighted by Crippen LogP contribution is 2.30. The number of nitriles is 1. The molecule has 0 saturated heterocycles. The lowest BCUT2D eigenvalue weighted by atomic mass is 10.1. The van der Waals surface area contributed by atoms with Crippen molar-refractivity contribution in [2.75, 3.05) is 12.4 Å². The fraction of sp³-hybridized carbons (Fsp3) is 0.154. The van der Waals surface area contributed by atoms with Gasteiger partial charge >= 0.3 is 0 Å². The Labute approximate surface area is 201 Å². The maximum Gasteiger partial charge on any atom is 0.268 e. The fourth-order valence-corrected chi connectivity index (χ4v) is 4.07. The van der Waals surface area contributed by atoms with Gasteiger partial charge in [-0.3, -0.25) is 10.1 Å². The van der Waals surface area contributed by atoms with E-state index in [0.29, 0.717) is 28.8 Å². The van der Waals surface area contributed by atoms with Crippen LogP contribution in [0.25, 0.3) is 16.8 Å². The average Bonchev–Trinajstić information content (AvgIpc) is 3.33. The van der Waals surface area contributed by atoms with Crippen molar-refractivity contribution in [2.45, 2.75) is 20.0 Å². The predicted molar refractivity (Wildman–Crippen MR) is 133 cm³/mol. The molecule has 0 radical (unpaired) electrons. The van der Waals surface area contributed by atoms with Gasteiger partial charge in [0.2, 0.25) is 5.13 Å². The molecule has 0 fully saturated rings. The van der Waals surface area contributed by atoms with Gasteiger partial charge in [0.1, 0.15) is 23.3 Å². The number of hydrogen-bond acceptors (Lipinski definition) is 7. The number of ether oxygens (including phenoxy) is 2. The summed E-state index contributed by atoms with van der Waals surface area (Å²) in [5.41, 5.74) is 1.64.